The van der Waals surface area contributed by atoms with E-state index in [1.165, 1.54) is 0 Å². The summed E-state index contributed by atoms with van der Waals surface area (Å²) in [4.78, 5) is 13.9. The number of nitrogens with zero attached hydrogens (tertiary/aromatic N) is 3. The fraction of sp³-hybridized carbons (Fsp3) is 0.375. The SMILES string of the molecule is CP=O.Cc1cc2c(nnn2C)c(=O)[nH]1. The predicted molar refractivity (Wildman–Crippen MR) is 57.4 cm³/mol. The van der Waals surface area contributed by atoms with E-state index in [4.69, 9.17) is 4.57 Å². The molecule has 0 aliphatic carbocycles. The summed E-state index contributed by atoms with van der Waals surface area (Å²) >= 11 is 0. The number of aryl methyl sites for hydroxylation is 2. The van der Waals surface area contributed by atoms with Crippen LogP contribution in [0.4, 0.5) is 0 Å². The Morgan fingerprint density at radius 1 is 1.53 bits per heavy atom. The van der Waals surface area contributed by atoms with Crippen molar-refractivity contribution in [2.24, 2.45) is 7.05 Å². The van der Waals surface area contributed by atoms with E-state index in [2.05, 4.69) is 15.3 Å². The highest BCUT2D eigenvalue weighted by Gasteiger charge is 2.04. The Morgan fingerprint density at radius 2 is 2.13 bits per heavy atom. The molecule has 2 aromatic heterocycles. The van der Waals surface area contributed by atoms with Crippen LogP contribution in [0.1, 0.15) is 5.69 Å². The van der Waals surface area contributed by atoms with Gasteiger partial charge in [0.25, 0.3) is 5.56 Å². The molecule has 0 aromatic carbocycles. The van der Waals surface area contributed by atoms with Gasteiger partial charge < -0.3 is 4.98 Å². The Morgan fingerprint density at radius 3 is 2.73 bits per heavy atom. The lowest BCUT2D eigenvalue weighted by molar-refractivity contribution is 0.601. The number of rotatable bonds is 0. The van der Waals surface area contributed by atoms with Gasteiger partial charge in [-0.05, 0) is 13.0 Å². The van der Waals surface area contributed by atoms with E-state index < -0.39 is 0 Å². The number of nitrogens with one attached hydrogen (secondary N) is 1. The van der Waals surface area contributed by atoms with Crippen LogP contribution in [0, 0.1) is 6.92 Å². The summed E-state index contributed by atoms with van der Waals surface area (Å²) in [6, 6.07) is 1.84. The average Bonchev–Trinajstić information content (AvgIpc) is 2.49. The molecule has 0 spiro atoms. The Labute approximate surface area is 87.5 Å². The van der Waals surface area contributed by atoms with Gasteiger partial charge in [0.05, 0.1) is 5.52 Å². The van der Waals surface area contributed by atoms with Gasteiger partial charge in [-0.1, -0.05) is 5.21 Å². The lowest BCUT2D eigenvalue weighted by Crippen LogP contribution is -2.07. The molecular formula is C8H11N4O2P. The van der Waals surface area contributed by atoms with E-state index in [1.54, 1.807) is 18.4 Å². The van der Waals surface area contributed by atoms with Crippen LogP contribution in [0.5, 0.6) is 0 Å². The van der Waals surface area contributed by atoms with Crippen molar-refractivity contribution in [2.75, 3.05) is 6.66 Å². The maximum absolute atomic E-state index is 11.2. The van der Waals surface area contributed by atoms with Gasteiger partial charge in [0.1, 0.15) is 0 Å². The molecule has 2 aromatic rings. The van der Waals surface area contributed by atoms with Crippen molar-refractivity contribution in [3.8, 4) is 0 Å². The molecule has 0 fully saturated rings. The van der Waals surface area contributed by atoms with Gasteiger partial charge in [-0.2, -0.15) is 0 Å². The highest BCUT2D eigenvalue weighted by molar-refractivity contribution is 7.22. The molecule has 7 heteroatoms. The maximum Gasteiger partial charge on any atom is 0.278 e. The van der Waals surface area contributed by atoms with Crippen molar-refractivity contribution in [1.82, 2.24) is 20.0 Å². The topological polar surface area (TPSA) is 80.6 Å². The molecule has 1 N–H and O–H groups in total. The highest BCUT2D eigenvalue weighted by Crippen LogP contribution is 2.04. The predicted octanol–water partition coefficient (Wildman–Crippen LogP) is 0.873. The molecule has 6 nitrogen and oxygen atoms in total. The molecule has 0 radical (unpaired) electrons. The van der Waals surface area contributed by atoms with Crippen LogP contribution >= 0.6 is 8.46 Å². The summed E-state index contributed by atoms with van der Waals surface area (Å²) in [7, 11) is 1.92. The lowest BCUT2D eigenvalue weighted by atomic mass is 10.3. The summed E-state index contributed by atoms with van der Waals surface area (Å²) in [5, 5.41) is 7.47. The van der Waals surface area contributed by atoms with Gasteiger partial charge in [0.15, 0.2) is 14.0 Å². The first-order chi connectivity index (χ1) is 7.10. The standard InChI is InChI=1S/C7H8N4O.CH3OP/c1-4-3-5-6(7(12)8-4)9-10-11(5)2;1-3-2/h3H,1-2H3,(H,8,12);1H3. The number of hydrogen-bond acceptors (Lipinski definition) is 4. The molecule has 0 unspecified atom stereocenters. The molecule has 0 saturated carbocycles. The van der Waals surface area contributed by atoms with E-state index in [0.29, 0.717) is 5.52 Å². The fourth-order valence-corrected chi connectivity index (χ4v) is 1.17. The third-order valence-electron chi connectivity index (χ3n) is 1.75. The minimum Gasteiger partial charge on any atom is -0.324 e. The second-order valence-corrected chi connectivity index (χ2v) is 3.28. The molecule has 2 heterocycles. The zero-order valence-electron chi connectivity index (χ0n) is 8.68. The van der Waals surface area contributed by atoms with Crippen LogP contribution < -0.4 is 5.56 Å². The van der Waals surface area contributed by atoms with Crippen LogP contribution in [0.2, 0.25) is 0 Å². The first kappa shape index (κ1) is 11.5. The van der Waals surface area contributed by atoms with Crippen molar-refractivity contribution in [3.63, 3.8) is 0 Å². The zero-order valence-corrected chi connectivity index (χ0v) is 9.58. The van der Waals surface area contributed by atoms with Crippen LogP contribution in [-0.4, -0.2) is 26.6 Å². The molecule has 0 bridgehead atoms. The summed E-state index contributed by atoms with van der Waals surface area (Å²) in [5.74, 6) is 0. The van der Waals surface area contributed by atoms with E-state index in [1.807, 2.05) is 13.0 Å². The second kappa shape index (κ2) is 4.79. The van der Waals surface area contributed by atoms with Gasteiger partial charge in [-0.25, -0.2) is 4.68 Å². The number of pyridine rings is 1. The third kappa shape index (κ3) is 2.47. The van der Waals surface area contributed by atoms with Crippen molar-refractivity contribution >= 4 is 19.5 Å². The molecule has 0 aliphatic rings. The van der Waals surface area contributed by atoms with Crippen molar-refractivity contribution in [3.05, 3.63) is 22.1 Å². The second-order valence-electron chi connectivity index (χ2n) is 2.91. The molecular weight excluding hydrogens is 215 g/mol. The molecule has 80 valence electrons. The molecule has 15 heavy (non-hydrogen) atoms. The molecule has 0 aliphatic heterocycles. The maximum atomic E-state index is 11.2. The number of aromatic amines is 1. The average molecular weight is 226 g/mol. The minimum absolute atomic E-state index is 0.167. The number of fused-ring (bicyclic) bond motifs is 1. The van der Waals surface area contributed by atoms with Crippen LogP contribution in [0.15, 0.2) is 10.9 Å². The molecule has 2 rings (SSSR count). The molecule has 0 atom stereocenters. The van der Waals surface area contributed by atoms with Gasteiger partial charge >= 0.3 is 0 Å². The van der Waals surface area contributed by atoms with Crippen LogP contribution in [-0.2, 0) is 11.6 Å². The zero-order chi connectivity index (χ0) is 11.4. The fourth-order valence-electron chi connectivity index (χ4n) is 1.17. The van der Waals surface area contributed by atoms with E-state index in [-0.39, 0.29) is 14.0 Å². The molecule has 0 saturated heterocycles. The summed E-state index contributed by atoms with van der Waals surface area (Å²) in [6.07, 6.45) is 0. The van der Waals surface area contributed by atoms with Gasteiger partial charge in [-0.3, -0.25) is 9.36 Å². The molecule has 0 amide bonds. The van der Waals surface area contributed by atoms with Crippen molar-refractivity contribution in [1.29, 1.82) is 0 Å². The van der Waals surface area contributed by atoms with Gasteiger partial charge in [-0.15, -0.1) is 5.10 Å². The quantitative estimate of drug-likeness (QED) is 0.676. The van der Waals surface area contributed by atoms with E-state index >= 15 is 0 Å². The number of aromatic nitrogens is 4. The van der Waals surface area contributed by atoms with E-state index in [0.717, 1.165) is 11.2 Å². The summed E-state index contributed by atoms with van der Waals surface area (Å²) in [6.45, 7) is 3.37. The Bertz CT molecular complexity index is 531. The van der Waals surface area contributed by atoms with Crippen molar-refractivity contribution in [2.45, 2.75) is 6.92 Å². The van der Waals surface area contributed by atoms with Gasteiger partial charge in [0.2, 0.25) is 0 Å². The normalized spacial score (nSPS) is 10.1. The first-order valence-electron chi connectivity index (χ1n) is 4.21. The smallest absolute Gasteiger partial charge is 0.278 e. The number of hydrogen-bond donors (Lipinski definition) is 1. The Kier molecular flexibility index (Phi) is 3.68. The number of H-pyrrole nitrogens is 1. The van der Waals surface area contributed by atoms with E-state index in [9.17, 15) is 4.79 Å². The monoisotopic (exact) mass is 226 g/mol. The van der Waals surface area contributed by atoms with Crippen LogP contribution in [0.3, 0.4) is 0 Å². The first-order valence-corrected chi connectivity index (χ1v) is 5.47. The van der Waals surface area contributed by atoms with Crippen molar-refractivity contribution < 1.29 is 4.57 Å². The Hall–Kier alpha value is -1.55. The minimum atomic E-state index is -0.182. The lowest BCUT2D eigenvalue weighted by Gasteiger charge is -1.92. The Balaban J connectivity index is 0.000000337. The third-order valence-corrected chi connectivity index (χ3v) is 1.75. The summed E-state index contributed by atoms with van der Waals surface area (Å²) in [5.41, 5.74) is 1.79. The van der Waals surface area contributed by atoms with Crippen LogP contribution in [0.25, 0.3) is 11.0 Å². The highest BCUT2D eigenvalue weighted by atomic mass is 31.1. The van der Waals surface area contributed by atoms with Gasteiger partial charge in [0, 0.05) is 19.4 Å². The largest absolute Gasteiger partial charge is 0.324 e. The summed E-state index contributed by atoms with van der Waals surface area (Å²) < 4.78 is 10.5.